The van der Waals surface area contributed by atoms with Gasteiger partial charge in [0.2, 0.25) is 0 Å². The van der Waals surface area contributed by atoms with Gasteiger partial charge in [-0.25, -0.2) is 9.78 Å². The maximum absolute atomic E-state index is 11.5. The molecule has 1 fully saturated rings. The predicted octanol–water partition coefficient (Wildman–Crippen LogP) is 1.00. The van der Waals surface area contributed by atoms with Crippen LogP contribution in [-0.4, -0.2) is 61.9 Å². The SMILES string of the molecule is CCOC(=O)c1ccc(NCC2CN(C)CCO2)nc1. The molecule has 1 unspecified atom stereocenters. The minimum absolute atomic E-state index is 0.167. The average Bonchev–Trinajstić information content (AvgIpc) is 2.46. The van der Waals surface area contributed by atoms with Gasteiger partial charge >= 0.3 is 5.97 Å². The van der Waals surface area contributed by atoms with Crippen molar-refractivity contribution < 1.29 is 14.3 Å². The van der Waals surface area contributed by atoms with Gasteiger partial charge in [-0.2, -0.15) is 0 Å². The number of hydrogen-bond donors (Lipinski definition) is 1. The molecule has 0 radical (unpaired) electrons. The van der Waals surface area contributed by atoms with Gasteiger partial charge in [-0.05, 0) is 26.1 Å². The standard InChI is InChI=1S/C14H21N3O3/c1-3-19-14(18)11-4-5-13(15-8-11)16-9-12-10-17(2)6-7-20-12/h4-5,8,12H,3,6-7,9-10H2,1-2H3,(H,15,16). The fourth-order valence-corrected chi connectivity index (χ4v) is 2.04. The van der Waals surface area contributed by atoms with E-state index in [-0.39, 0.29) is 12.1 Å². The maximum Gasteiger partial charge on any atom is 0.339 e. The van der Waals surface area contributed by atoms with Crippen LogP contribution in [0.4, 0.5) is 5.82 Å². The molecular weight excluding hydrogens is 258 g/mol. The third kappa shape index (κ3) is 4.18. The summed E-state index contributed by atoms with van der Waals surface area (Å²) >= 11 is 0. The van der Waals surface area contributed by atoms with Crippen LogP contribution in [-0.2, 0) is 9.47 Å². The van der Waals surface area contributed by atoms with Crippen molar-refractivity contribution in [2.24, 2.45) is 0 Å². The van der Waals surface area contributed by atoms with Crippen LogP contribution in [0.1, 0.15) is 17.3 Å². The third-order valence-electron chi connectivity index (χ3n) is 3.13. The van der Waals surface area contributed by atoms with Crippen LogP contribution >= 0.6 is 0 Å². The first-order valence-corrected chi connectivity index (χ1v) is 6.86. The Bertz CT molecular complexity index is 436. The van der Waals surface area contributed by atoms with Gasteiger partial charge in [0.25, 0.3) is 0 Å². The number of carbonyl (C=O) groups excluding carboxylic acids is 1. The summed E-state index contributed by atoms with van der Waals surface area (Å²) in [5, 5.41) is 3.22. The number of carbonyl (C=O) groups is 1. The Hall–Kier alpha value is -1.66. The average molecular weight is 279 g/mol. The fraction of sp³-hybridized carbons (Fsp3) is 0.571. The zero-order valence-electron chi connectivity index (χ0n) is 12.0. The van der Waals surface area contributed by atoms with E-state index in [0.29, 0.717) is 18.7 Å². The van der Waals surface area contributed by atoms with Crippen LogP contribution < -0.4 is 5.32 Å². The first-order valence-electron chi connectivity index (χ1n) is 6.86. The molecule has 0 saturated carbocycles. The molecule has 0 spiro atoms. The Morgan fingerprint density at radius 2 is 2.45 bits per heavy atom. The van der Waals surface area contributed by atoms with Crippen LogP contribution in [0.2, 0.25) is 0 Å². The molecule has 20 heavy (non-hydrogen) atoms. The maximum atomic E-state index is 11.5. The van der Waals surface area contributed by atoms with Crippen molar-refractivity contribution in [2.75, 3.05) is 45.2 Å². The zero-order chi connectivity index (χ0) is 14.4. The van der Waals surface area contributed by atoms with Crippen molar-refractivity contribution >= 4 is 11.8 Å². The van der Waals surface area contributed by atoms with E-state index in [1.165, 1.54) is 6.20 Å². The molecule has 1 saturated heterocycles. The van der Waals surface area contributed by atoms with Crippen molar-refractivity contribution in [2.45, 2.75) is 13.0 Å². The number of nitrogens with zero attached hydrogens (tertiary/aromatic N) is 2. The number of hydrogen-bond acceptors (Lipinski definition) is 6. The highest BCUT2D eigenvalue weighted by atomic mass is 16.5. The molecule has 0 bridgehead atoms. The summed E-state index contributed by atoms with van der Waals surface area (Å²) in [7, 11) is 2.09. The van der Waals surface area contributed by atoms with Gasteiger partial charge in [-0.1, -0.05) is 0 Å². The molecular formula is C14H21N3O3. The number of aromatic nitrogens is 1. The van der Waals surface area contributed by atoms with Crippen molar-refractivity contribution in [3.05, 3.63) is 23.9 Å². The number of pyridine rings is 1. The summed E-state index contributed by atoms with van der Waals surface area (Å²) < 4.78 is 10.6. The molecule has 0 amide bonds. The first kappa shape index (κ1) is 14.7. The zero-order valence-corrected chi connectivity index (χ0v) is 12.0. The number of nitrogens with one attached hydrogen (secondary N) is 1. The monoisotopic (exact) mass is 279 g/mol. The van der Waals surface area contributed by atoms with Crippen molar-refractivity contribution in [1.82, 2.24) is 9.88 Å². The van der Waals surface area contributed by atoms with E-state index >= 15 is 0 Å². The lowest BCUT2D eigenvalue weighted by molar-refractivity contribution is -0.0117. The molecule has 0 aromatic carbocycles. The molecule has 1 N–H and O–H groups in total. The molecule has 1 aliphatic rings. The number of ether oxygens (including phenoxy) is 2. The highest BCUT2D eigenvalue weighted by Gasteiger charge is 2.17. The summed E-state index contributed by atoms with van der Waals surface area (Å²) in [4.78, 5) is 17.9. The largest absolute Gasteiger partial charge is 0.462 e. The summed E-state index contributed by atoms with van der Waals surface area (Å²) in [5.41, 5.74) is 0.464. The van der Waals surface area contributed by atoms with Crippen LogP contribution in [0.25, 0.3) is 0 Å². The molecule has 2 rings (SSSR count). The normalized spacial score (nSPS) is 19.6. The Kier molecular flexibility index (Phi) is 5.31. The quantitative estimate of drug-likeness (QED) is 0.811. The lowest BCUT2D eigenvalue weighted by atomic mass is 10.2. The predicted molar refractivity (Wildman–Crippen MR) is 75.9 cm³/mol. The van der Waals surface area contributed by atoms with E-state index in [9.17, 15) is 4.79 Å². The Morgan fingerprint density at radius 3 is 3.10 bits per heavy atom. The molecule has 2 heterocycles. The molecule has 0 aliphatic carbocycles. The highest BCUT2D eigenvalue weighted by Crippen LogP contribution is 2.08. The molecule has 1 aromatic rings. The van der Waals surface area contributed by atoms with Crippen molar-refractivity contribution in [3.63, 3.8) is 0 Å². The van der Waals surface area contributed by atoms with Crippen molar-refractivity contribution in [3.8, 4) is 0 Å². The second-order valence-corrected chi connectivity index (χ2v) is 4.79. The molecule has 1 atom stereocenters. The lowest BCUT2D eigenvalue weighted by Crippen LogP contribution is -2.43. The molecule has 6 heteroatoms. The van der Waals surface area contributed by atoms with Gasteiger partial charge in [0, 0.05) is 25.8 Å². The molecule has 1 aliphatic heterocycles. The third-order valence-corrected chi connectivity index (χ3v) is 3.13. The van der Waals surface area contributed by atoms with Gasteiger partial charge in [0.05, 0.1) is 24.9 Å². The van der Waals surface area contributed by atoms with Gasteiger partial charge in [-0.3, -0.25) is 0 Å². The van der Waals surface area contributed by atoms with Gasteiger partial charge < -0.3 is 19.7 Å². The number of anilines is 1. The number of esters is 1. The minimum Gasteiger partial charge on any atom is -0.462 e. The molecule has 6 nitrogen and oxygen atoms in total. The van der Waals surface area contributed by atoms with E-state index in [0.717, 1.165) is 25.5 Å². The van der Waals surface area contributed by atoms with Crippen LogP contribution in [0.5, 0.6) is 0 Å². The van der Waals surface area contributed by atoms with E-state index in [1.807, 2.05) is 0 Å². The first-order chi connectivity index (χ1) is 9.69. The Labute approximate surface area is 119 Å². The summed E-state index contributed by atoms with van der Waals surface area (Å²) in [6.07, 6.45) is 1.69. The van der Waals surface area contributed by atoms with E-state index in [1.54, 1.807) is 19.1 Å². The smallest absolute Gasteiger partial charge is 0.339 e. The summed E-state index contributed by atoms with van der Waals surface area (Å²) in [5.74, 6) is 0.388. The van der Waals surface area contributed by atoms with Gasteiger partial charge in [-0.15, -0.1) is 0 Å². The van der Waals surface area contributed by atoms with Crippen LogP contribution in [0, 0.1) is 0 Å². The van der Waals surface area contributed by atoms with Crippen LogP contribution in [0.15, 0.2) is 18.3 Å². The van der Waals surface area contributed by atoms with E-state index < -0.39 is 0 Å². The van der Waals surface area contributed by atoms with Crippen LogP contribution in [0.3, 0.4) is 0 Å². The van der Waals surface area contributed by atoms with Crippen molar-refractivity contribution in [1.29, 1.82) is 0 Å². The van der Waals surface area contributed by atoms with Gasteiger partial charge in [0.15, 0.2) is 0 Å². The highest BCUT2D eigenvalue weighted by molar-refractivity contribution is 5.89. The second kappa shape index (κ2) is 7.21. The summed E-state index contributed by atoms with van der Waals surface area (Å²) in [6.45, 7) is 5.50. The van der Waals surface area contributed by atoms with E-state index in [4.69, 9.17) is 9.47 Å². The minimum atomic E-state index is -0.344. The lowest BCUT2D eigenvalue weighted by Gasteiger charge is -2.30. The summed E-state index contributed by atoms with van der Waals surface area (Å²) in [6, 6.07) is 3.49. The Morgan fingerprint density at radius 1 is 1.60 bits per heavy atom. The number of morpholine rings is 1. The molecule has 1 aromatic heterocycles. The second-order valence-electron chi connectivity index (χ2n) is 4.79. The Balaban J connectivity index is 1.83. The molecule has 110 valence electrons. The number of rotatable bonds is 5. The fourth-order valence-electron chi connectivity index (χ4n) is 2.04. The van der Waals surface area contributed by atoms with Gasteiger partial charge in [0.1, 0.15) is 5.82 Å². The number of likely N-dealkylation sites (N-methyl/N-ethyl adjacent to an activating group) is 1. The topological polar surface area (TPSA) is 63.7 Å². The van der Waals surface area contributed by atoms with E-state index in [2.05, 4.69) is 22.2 Å².